The molecule has 7 heteroatoms. The first-order chi connectivity index (χ1) is 5.88. The van der Waals surface area contributed by atoms with Crippen LogP contribution in [-0.2, 0) is 0 Å². The first-order valence-electron chi connectivity index (χ1n) is 2.96. The van der Waals surface area contributed by atoms with Gasteiger partial charge in [0.2, 0.25) is 0 Å². The van der Waals surface area contributed by atoms with Crippen LogP contribution in [0.15, 0.2) is 12.1 Å². The smallest absolute Gasteiger partial charge is 0.421 e. The average molecular weight is 384 g/mol. The van der Waals surface area contributed by atoms with Crippen molar-refractivity contribution in [2.24, 2.45) is 0 Å². The lowest BCUT2D eigenvalue weighted by Crippen LogP contribution is -2.15. The Morgan fingerprint density at radius 2 is 2.15 bits per heavy atom. The highest BCUT2D eigenvalue weighted by atomic mass is 127. The largest absolute Gasteiger partial charge is 0.459 e. The number of hydrogen-bond acceptors (Lipinski definition) is 2. The summed E-state index contributed by atoms with van der Waals surface area (Å²) >= 11 is 9.47. The van der Waals surface area contributed by atoms with E-state index >= 15 is 0 Å². The number of rotatable bonds is 2. The third-order valence-corrected chi connectivity index (χ3v) is 2.04. The van der Waals surface area contributed by atoms with E-state index in [9.17, 15) is 8.78 Å². The molecule has 72 valence electrons. The van der Waals surface area contributed by atoms with Gasteiger partial charge in [0.25, 0.3) is 0 Å². The number of nitrogens with zero attached hydrogens (tertiary/aromatic N) is 1. The summed E-state index contributed by atoms with van der Waals surface area (Å²) in [5.41, 5.74) is 0. The van der Waals surface area contributed by atoms with Crippen molar-refractivity contribution < 1.29 is 13.5 Å². The van der Waals surface area contributed by atoms with Crippen molar-refractivity contribution in [3.63, 3.8) is 0 Å². The first kappa shape index (κ1) is 11.4. The predicted molar refractivity (Wildman–Crippen MR) is 56.5 cm³/mol. The highest BCUT2D eigenvalue weighted by Gasteiger charge is 2.27. The van der Waals surface area contributed by atoms with E-state index in [-0.39, 0.29) is 10.9 Å². The van der Waals surface area contributed by atoms with Crippen LogP contribution in [0.5, 0.6) is 5.75 Å². The lowest BCUT2D eigenvalue weighted by atomic mass is 10.5. The minimum absolute atomic E-state index is 0.0916. The highest BCUT2D eigenvalue weighted by Crippen LogP contribution is 2.31. The molecule has 0 saturated carbocycles. The number of ether oxygens (including phenoxy) is 1. The lowest BCUT2D eigenvalue weighted by Gasteiger charge is -2.11. The second-order valence-electron chi connectivity index (χ2n) is 1.97. The summed E-state index contributed by atoms with van der Waals surface area (Å²) in [4.78, 5) is 3.73. The zero-order valence-electron chi connectivity index (χ0n) is 5.90. The molecule has 1 rings (SSSR count). The third kappa shape index (κ3) is 3.90. The molecule has 0 aromatic carbocycles. The van der Waals surface area contributed by atoms with Crippen molar-refractivity contribution in [3.8, 4) is 5.75 Å². The average Bonchev–Trinajstić information content (AvgIpc) is 1.93. The fraction of sp³-hybridized carbons (Fsp3) is 0.167. The van der Waals surface area contributed by atoms with E-state index in [1.54, 1.807) is 0 Å². The van der Waals surface area contributed by atoms with Crippen molar-refractivity contribution in [1.82, 2.24) is 4.98 Å². The van der Waals surface area contributed by atoms with Gasteiger partial charge in [-0.15, -0.1) is 0 Å². The summed E-state index contributed by atoms with van der Waals surface area (Å²) in [6, 6.07) is 2.84. The normalized spacial score (nSPS) is 11.5. The molecule has 0 bridgehead atoms. The highest BCUT2D eigenvalue weighted by molar-refractivity contribution is 14.1. The molecule has 0 radical (unpaired) electrons. The van der Waals surface area contributed by atoms with Crippen molar-refractivity contribution in [2.75, 3.05) is 0 Å². The molecule has 0 N–H and O–H groups in total. The maximum Gasteiger partial charge on any atom is 0.459 e. The SMILES string of the molecule is FC(F)(Br)Oc1ccc(I)nc1Cl. The van der Waals surface area contributed by atoms with E-state index in [4.69, 9.17) is 11.6 Å². The number of pyridine rings is 1. The van der Waals surface area contributed by atoms with Crippen LogP contribution in [0.1, 0.15) is 0 Å². The van der Waals surface area contributed by atoms with Crippen molar-refractivity contribution >= 4 is 50.1 Å². The van der Waals surface area contributed by atoms with E-state index in [2.05, 4.69) is 9.72 Å². The van der Waals surface area contributed by atoms with Gasteiger partial charge >= 0.3 is 5.02 Å². The van der Waals surface area contributed by atoms with E-state index in [1.807, 2.05) is 38.5 Å². The van der Waals surface area contributed by atoms with Crippen LogP contribution in [0.25, 0.3) is 0 Å². The van der Waals surface area contributed by atoms with E-state index in [0.717, 1.165) is 0 Å². The van der Waals surface area contributed by atoms with Gasteiger partial charge in [-0.05, 0) is 34.7 Å². The zero-order valence-corrected chi connectivity index (χ0v) is 10.4. The standard InChI is InChI=1S/C6H2BrClF2INO/c7-6(9,10)13-3-1-2-4(11)12-5(3)8/h1-2H. The van der Waals surface area contributed by atoms with Gasteiger partial charge in [-0.2, -0.15) is 8.78 Å². The molecular weight excluding hydrogens is 382 g/mol. The molecule has 1 aromatic heterocycles. The van der Waals surface area contributed by atoms with Gasteiger partial charge in [-0.3, -0.25) is 0 Å². The Morgan fingerprint density at radius 3 is 2.62 bits per heavy atom. The van der Waals surface area contributed by atoms with Crippen molar-refractivity contribution in [2.45, 2.75) is 5.02 Å². The number of aromatic nitrogens is 1. The topological polar surface area (TPSA) is 22.1 Å². The first-order valence-corrected chi connectivity index (χ1v) is 5.21. The Hall–Kier alpha value is 0.310. The quantitative estimate of drug-likeness (QED) is 0.441. The van der Waals surface area contributed by atoms with E-state index in [0.29, 0.717) is 3.70 Å². The molecule has 0 amide bonds. The zero-order chi connectivity index (χ0) is 10.1. The van der Waals surface area contributed by atoms with Gasteiger partial charge in [-0.25, -0.2) is 4.98 Å². The van der Waals surface area contributed by atoms with Crippen LogP contribution in [0.3, 0.4) is 0 Å². The maximum absolute atomic E-state index is 12.3. The Morgan fingerprint density at radius 1 is 1.54 bits per heavy atom. The van der Waals surface area contributed by atoms with Crippen molar-refractivity contribution in [1.29, 1.82) is 0 Å². The number of hydrogen-bond donors (Lipinski definition) is 0. The third-order valence-electron chi connectivity index (χ3n) is 1.01. The van der Waals surface area contributed by atoms with Gasteiger partial charge in [0, 0.05) is 15.9 Å². The number of halogens is 5. The molecule has 1 aromatic rings. The second kappa shape index (κ2) is 4.22. The monoisotopic (exact) mass is 383 g/mol. The van der Waals surface area contributed by atoms with E-state index in [1.165, 1.54) is 12.1 Å². The Bertz CT molecular complexity index is 320. The molecule has 0 saturated heterocycles. The van der Waals surface area contributed by atoms with Gasteiger partial charge in [0.15, 0.2) is 10.9 Å². The lowest BCUT2D eigenvalue weighted by molar-refractivity contribution is -0.0804. The molecule has 0 atom stereocenters. The molecule has 1 heterocycles. The molecule has 0 aliphatic heterocycles. The van der Waals surface area contributed by atoms with Crippen LogP contribution >= 0.6 is 50.1 Å². The van der Waals surface area contributed by atoms with Crippen LogP contribution < -0.4 is 4.74 Å². The fourth-order valence-corrected chi connectivity index (χ4v) is 1.53. The fourth-order valence-electron chi connectivity index (χ4n) is 0.600. The van der Waals surface area contributed by atoms with Gasteiger partial charge in [-0.1, -0.05) is 11.6 Å². The van der Waals surface area contributed by atoms with Crippen LogP contribution in [0, 0.1) is 3.70 Å². The molecule has 13 heavy (non-hydrogen) atoms. The minimum Gasteiger partial charge on any atom is -0.421 e. The molecule has 0 aliphatic carbocycles. The van der Waals surface area contributed by atoms with Crippen molar-refractivity contribution in [3.05, 3.63) is 21.0 Å². The van der Waals surface area contributed by atoms with E-state index < -0.39 is 5.02 Å². The summed E-state index contributed by atoms with van der Waals surface area (Å²) < 4.78 is 29.4. The van der Waals surface area contributed by atoms with Crippen LogP contribution in [-0.4, -0.2) is 10.0 Å². The number of alkyl halides is 3. The van der Waals surface area contributed by atoms with Crippen LogP contribution in [0.2, 0.25) is 5.15 Å². The maximum atomic E-state index is 12.3. The summed E-state index contributed by atoms with van der Waals surface area (Å²) in [6.45, 7) is 0. The minimum atomic E-state index is -3.43. The van der Waals surface area contributed by atoms with Gasteiger partial charge in [0.05, 0.1) is 0 Å². The summed E-state index contributed by atoms with van der Waals surface area (Å²) in [5.74, 6) is -0.163. The molecule has 0 spiro atoms. The Balaban J connectivity index is 2.90. The molecule has 0 aliphatic rings. The van der Waals surface area contributed by atoms with Gasteiger partial charge < -0.3 is 4.74 Å². The molecule has 2 nitrogen and oxygen atoms in total. The summed E-state index contributed by atoms with van der Waals surface area (Å²) in [7, 11) is 0. The predicted octanol–water partition coefficient (Wildman–Crippen LogP) is 3.66. The second-order valence-corrected chi connectivity index (χ2v) is 4.36. The Kier molecular flexibility index (Phi) is 3.70. The van der Waals surface area contributed by atoms with Crippen LogP contribution in [0.4, 0.5) is 8.78 Å². The molecule has 0 unspecified atom stereocenters. The molecular formula is C6H2BrClF2INO. The Labute approximate surface area is 99.9 Å². The summed E-state index contributed by atoms with van der Waals surface area (Å²) in [5, 5.41) is -3.52. The summed E-state index contributed by atoms with van der Waals surface area (Å²) in [6.07, 6.45) is 0. The van der Waals surface area contributed by atoms with Gasteiger partial charge in [0.1, 0.15) is 3.70 Å². The molecule has 0 fully saturated rings.